The van der Waals surface area contributed by atoms with Crippen molar-refractivity contribution in [1.29, 1.82) is 0 Å². The van der Waals surface area contributed by atoms with Gasteiger partial charge in [0.1, 0.15) is 11.9 Å². The van der Waals surface area contributed by atoms with Crippen LogP contribution in [0.15, 0.2) is 15.3 Å². The number of hydrogen-bond acceptors (Lipinski definition) is 5. The predicted octanol–water partition coefficient (Wildman–Crippen LogP) is -0.200. The van der Waals surface area contributed by atoms with Crippen LogP contribution in [0.4, 0.5) is 0 Å². The van der Waals surface area contributed by atoms with Gasteiger partial charge < -0.3 is 19.4 Å². The van der Waals surface area contributed by atoms with Gasteiger partial charge in [0, 0.05) is 6.42 Å². The van der Waals surface area contributed by atoms with E-state index in [2.05, 4.69) is 4.98 Å². The average molecular weight is 241 g/mol. The van der Waals surface area contributed by atoms with Crippen LogP contribution in [0, 0.1) is 6.92 Å². The number of rotatable bonds is 3. The highest BCUT2D eigenvalue weighted by Gasteiger charge is 2.31. The fourth-order valence-electron chi connectivity index (χ4n) is 1.83. The monoisotopic (exact) mass is 241 g/mol. The number of nitrogens with one attached hydrogen (secondary N) is 1. The summed E-state index contributed by atoms with van der Waals surface area (Å²) in [5.74, 6) is 0.00580. The Morgan fingerprint density at radius 2 is 2.35 bits per heavy atom. The van der Waals surface area contributed by atoms with E-state index in [0.29, 0.717) is 17.9 Å². The van der Waals surface area contributed by atoms with Gasteiger partial charge in [-0.1, -0.05) is 6.08 Å². The van der Waals surface area contributed by atoms with Crippen LogP contribution >= 0.6 is 0 Å². The Kier molecular flexibility index (Phi) is 3.46. The third-order valence-corrected chi connectivity index (χ3v) is 2.77. The largest absolute Gasteiger partial charge is 0.416 e. The molecule has 0 bridgehead atoms. The Balaban J connectivity index is 2.03. The SMILES string of the molecule is Cc1oc(=O)[nH]c1/C=C/[C@H]1C[C@H](O)[C@@H](CO)O1. The second-order valence-electron chi connectivity index (χ2n) is 4.04. The molecule has 1 aromatic rings. The van der Waals surface area contributed by atoms with E-state index >= 15 is 0 Å². The molecular weight excluding hydrogens is 226 g/mol. The first-order chi connectivity index (χ1) is 8.10. The lowest BCUT2D eigenvalue weighted by Gasteiger charge is -2.09. The van der Waals surface area contributed by atoms with Gasteiger partial charge >= 0.3 is 5.76 Å². The highest BCUT2D eigenvalue weighted by Crippen LogP contribution is 2.21. The molecule has 6 nitrogen and oxygen atoms in total. The van der Waals surface area contributed by atoms with Gasteiger partial charge in [-0.2, -0.15) is 0 Å². The molecule has 17 heavy (non-hydrogen) atoms. The minimum atomic E-state index is -0.654. The van der Waals surface area contributed by atoms with Gasteiger partial charge in [0.25, 0.3) is 0 Å². The average Bonchev–Trinajstić information content (AvgIpc) is 2.79. The van der Waals surface area contributed by atoms with Crippen LogP contribution in [0.2, 0.25) is 0 Å². The quantitative estimate of drug-likeness (QED) is 0.681. The van der Waals surface area contributed by atoms with Crippen molar-refractivity contribution >= 4 is 6.08 Å². The first-order valence-corrected chi connectivity index (χ1v) is 5.42. The molecule has 1 saturated heterocycles. The Bertz CT molecular complexity index is 461. The summed E-state index contributed by atoms with van der Waals surface area (Å²) in [5, 5.41) is 18.4. The molecule has 1 aromatic heterocycles. The molecule has 3 atom stereocenters. The molecule has 1 fully saturated rings. The number of H-pyrrole nitrogens is 1. The van der Waals surface area contributed by atoms with Gasteiger partial charge in [-0.05, 0) is 13.0 Å². The second-order valence-corrected chi connectivity index (χ2v) is 4.04. The Morgan fingerprint density at radius 3 is 2.88 bits per heavy atom. The molecule has 1 aliphatic heterocycles. The number of aromatic nitrogens is 1. The minimum absolute atomic E-state index is 0.201. The maximum Gasteiger partial charge on any atom is 0.416 e. The third kappa shape index (κ3) is 2.66. The molecule has 6 heteroatoms. The van der Waals surface area contributed by atoms with Crippen molar-refractivity contribution in [3.05, 3.63) is 28.1 Å². The van der Waals surface area contributed by atoms with Crippen molar-refractivity contribution in [2.45, 2.75) is 31.7 Å². The fourth-order valence-corrected chi connectivity index (χ4v) is 1.83. The van der Waals surface area contributed by atoms with E-state index in [1.54, 1.807) is 19.1 Å². The number of aliphatic hydroxyl groups is 2. The van der Waals surface area contributed by atoms with Crippen LogP contribution in [-0.4, -0.2) is 40.1 Å². The molecule has 0 radical (unpaired) electrons. The highest BCUT2D eigenvalue weighted by molar-refractivity contribution is 5.46. The molecule has 0 amide bonds. The number of ether oxygens (including phenoxy) is 1. The molecule has 0 aliphatic carbocycles. The van der Waals surface area contributed by atoms with E-state index in [0.717, 1.165) is 0 Å². The molecule has 2 rings (SSSR count). The fraction of sp³-hybridized carbons (Fsp3) is 0.545. The number of aliphatic hydroxyl groups excluding tert-OH is 2. The highest BCUT2D eigenvalue weighted by atomic mass is 16.5. The molecular formula is C11H15NO5. The van der Waals surface area contributed by atoms with Gasteiger partial charge in [-0.15, -0.1) is 0 Å². The zero-order valence-electron chi connectivity index (χ0n) is 9.42. The predicted molar refractivity (Wildman–Crippen MR) is 59.5 cm³/mol. The van der Waals surface area contributed by atoms with Crippen molar-refractivity contribution in [2.24, 2.45) is 0 Å². The molecule has 0 saturated carbocycles. The van der Waals surface area contributed by atoms with E-state index in [-0.39, 0.29) is 12.7 Å². The van der Waals surface area contributed by atoms with Gasteiger partial charge in [-0.3, -0.25) is 4.98 Å². The first kappa shape index (κ1) is 12.1. The molecule has 94 valence electrons. The Morgan fingerprint density at radius 1 is 1.59 bits per heavy atom. The Labute approximate surface area is 97.5 Å². The van der Waals surface area contributed by atoms with Crippen molar-refractivity contribution in [3.8, 4) is 0 Å². The van der Waals surface area contributed by atoms with E-state index in [1.165, 1.54) is 0 Å². The summed E-state index contributed by atoms with van der Waals surface area (Å²) < 4.78 is 10.2. The summed E-state index contributed by atoms with van der Waals surface area (Å²) in [7, 11) is 0. The second kappa shape index (κ2) is 4.87. The van der Waals surface area contributed by atoms with Crippen LogP contribution < -0.4 is 5.76 Å². The van der Waals surface area contributed by atoms with Crippen molar-refractivity contribution in [1.82, 2.24) is 4.98 Å². The van der Waals surface area contributed by atoms with Gasteiger partial charge in [0.05, 0.1) is 24.5 Å². The van der Waals surface area contributed by atoms with Crippen molar-refractivity contribution in [3.63, 3.8) is 0 Å². The zero-order chi connectivity index (χ0) is 12.4. The summed E-state index contributed by atoms with van der Waals surface area (Å²) in [6, 6.07) is 0. The van der Waals surface area contributed by atoms with Crippen LogP contribution in [0.5, 0.6) is 0 Å². The number of oxazole rings is 1. The summed E-state index contributed by atoms with van der Waals surface area (Å²) in [6.07, 6.45) is 2.39. The standard InChI is InChI=1S/C11H15NO5/c1-6-8(12-11(15)16-6)3-2-7-4-9(14)10(5-13)17-7/h2-3,7,9-10,13-14H,4-5H2,1H3,(H,12,15)/b3-2+/t7-,9-,10+/m0/s1. The lowest BCUT2D eigenvalue weighted by Crippen LogP contribution is -2.24. The van der Waals surface area contributed by atoms with Crippen LogP contribution in [0.3, 0.4) is 0 Å². The summed E-state index contributed by atoms with van der Waals surface area (Å²) in [5.41, 5.74) is 0.584. The maximum absolute atomic E-state index is 10.9. The molecule has 0 aromatic carbocycles. The first-order valence-electron chi connectivity index (χ1n) is 5.42. The zero-order valence-corrected chi connectivity index (χ0v) is 9.42. The van der Waals surface area contributed by atoms with Crippen molar-refractivity contribution in [2.75, 3.05) is 6.61 Å². The summed E-state index contributed by atoms with van der Waals surface area (Å²) >= 11 is 0. The van der Waals surface area contributed by atoms with E-state index in [9.17, 15) is 9.90 Å². The Hall–Kier alpha value is -1.37. The third-order valence-electron chi connectivity index (χ3n) is 2.77. The van der Waals surface area contributed by atoms with Crippen LogP contribution in [0.25, 0.3) is 6.08 Å². The van der Waals surface area contributed by atoms with Gasteiger partial charge in [0.2, 0.25) is 0 Å². The van der Waals surface area contributed by atoms with Gasteiger partial charge in [-0.25, -0.2) is 4.79 Å². The summed E-state index contributed by atoms with van der Waals surface area (Å²) in [6.45, 7) is 1.48. The molecule has 0 spiro atoms. The molecule has 1 aliphatic rings. The number of aromatic amines is 1. The smallest absolute Gasteiger partial charge is 0.413 e. The van der Waals surface area contributed by atoms with Crippen molar-refractivity contribution < 1.29 is 19.4 Å². The lowest BCUT2D eigenvalue weighted by atomic mass is 10.1. The van der Waals surface area contributed by atoms with Crippen LogP contribution in [0.1, 0.15) is 17.9 Å². The number of aryl methyl sites for hydroxylation is 1. The maximum atomic E-state index is 10.9. The van der Waals surface area contributed by atoms with E-state index < -0.39 is 18.0 Å². The lowest BCUT2D eigenvalue weighted by molar-refractivity contribution is -0.0105. The topological polar surface area (TPSA) is 95.7 Å². The van der Waals surface area contributed by atoms with Gasteiger partial charge in [0.15, 0.2) is 0 Å². The molecule has 2 heterocycles. The summed E-state index contributed by atoms with van der Waals surface area (Å²) in [4.78, 5) is 13.4. The van der Waals surface area contributed by atoms with Crippen LogP contribution in [-0.2, 0) is 4.74 Å². The van der Waals surface area contributed by atoms with E-state index in [1.807, 2.05) is 0 Å². The normalized spacial score (nSPS) is 29.2. The molecule has 0 unspecified atom stereocenters. The minimum Gasteiger partial charge on any atom is -0.413 e. The molecule has 3 N–H and O–H groups in total. The number of hydrogen-bond donors (Lipinski definition) is 3. The van der Waals surface area contributed by atoms with E-state index in [4.69, 9.17) is 14.3 Å².